The number of benzene rings is 1. The Hall–Kier alpha value is -2.20. The topological polar surface area (TPSA) is 45.6 Å². The van der Waals surface area contributed by atoms with Gasteiger partial charge in [-0.1, -0.05) is 23.7 Å². The summed E-state index contributed by atoms with van der Waals surface area (Å²) in [6.07, 6.45) is 3.92. The lowest BCUT2D eigenvalue weighted by atomic mass is 10.1. The molecule has 0 atom stereocenters. The van der Waals surface area contributed by atoms with Crippen molar-refractivity contribution in [2.24, 2.45) is 5.10 Å². The van der Waals surface area contributed by atoms with Gasteiger partial charge in [-0.15, -0.1) is 0 Å². The molecule has 3 rings (SSSR count). The van der Waals surface area contributed by atoms with Crippen LogP contribution in [0.25, 0.3) is 0 Å². The van der Waals surface area contributed by atoms with Gasteiger partial charge in [-0.25, -0.2) is 5.01 Å². The van der Waals surface area contributed by atoms with Crippen LogP contribution in [-0.2, 0) is 0 Å². The molecule has 5 heteroatoms. The number of amides is 1. The van der Waals surface area contributed by atoms with Crippen molar-refractivity contribution in [3.63, 3.8) is 0 Å². The monoisotopic (exact) mass is 285 g/mol. The predicted molar refractivity (Wildman–Crippen MR) is 77.9 cm³/mol. The predicted octanol–water partition coefficient (Wildman–Crippen LogP) is 2.99. The third-order valence-corrected chi connectivity index (χ3v) is 3.34. The van der Waals surface area contributed by atoms with Crippen molar-refractivity contribution >= 4 is 23.2 Å². The summed E-state index contributed by atoms with van der Waals surface area (Å²) in [7, 11) is 0. The molecule has 20 heavy (non-hydrogen) atoms. The van der Waals surface area contributed by atoms with Gasteiger partial charge in [0.25, 0.3) is 5.91 Å². The van der Waals surface area contributed by atoms with Gasteiger partial charge in [0, 0.05) is 23.8 Å². The van der Waals surface area contributed by atoms with Crippen LogP contribution in [0.15, 0.2) is 53.9 Å². The molecule has 0 fully saturated rings. The van der Waals surface area contributed by atoms with Gasteiger partial charge in [0.1, 0.15) is 0 Å². The molecule has 2 heterocycles. The van der Waals surface area contributed by atoms with Gasteiger partial charge in [-0.3, -0.25) is 9.78 Å². The first-order chi connectivity index (χ1) is 9.74. The van der Waals surface area contributed by atoms with Crippen molar-refractivity contribution in [2.45, 2.75) is 6.42 Å². The third kappa shape index (κ3) is 2.56. The highest BCUT2D eigenvalue weighted by molar-refractivity contribution is 6.31. The lowest BCUT2D eigenvalue weighted by Crippen LogP contribution is -2.23. The average Bonchev–Trinajstić information content (AvgIpc) is 2.97. The van der Waals surface area contributed by atoms with E-state index >= 15 is 0 Å². The van der Waals surface area contributed by atoms with Gasteiger partial charge in [0.2, 0.25) is 0 Å². The normalized spacial score (nSPS) is 14.2. The molecule has 1 aromatic heterocycles. The Balaban J connectivity index is 1.83. The summed E-state index contributed by atoms with van der Waals surface area (Å²) < 4.78 is 0. The highest BCUT2D eigenvalue weighted by atomic mass is 35.5. The highest BCUT2D eigenvalue weighted by Gasteiger charge is 2.22. The molecule has 4 nitrogen and oxygen atoms in total. The highest BCUT2D eigenvalue weighted by Crippen LogP contribution is 2.18. The van der Waals surface area contributed by atoms with E-state index in [2.05, 4.69) is 10.1 Å². The molecule has 0 saturated carbocycles. The van der Waals surface area contributed by atoms with E-state index in [1.807, 2.05) is 24.3 Å². The molecular weight excluding hydrogens is 274 g/mol. The van der Waals surface area contributed by atoms with Crippen LogP contribution in [0.3, 0.4) is 0 Å². The zero-order chi connectivity index (χ0) is 13.9. The number of carbonyl (C=O) groups is 1. The second-order valence-electron chi connectivity index (χ2n) is 4.48. The molecular formula is C15H12ClN3O. The molecule has 0 radical (unpaired) electrons. The summed E-state index contributed by atoms with van der Waals surface area (Å²) in [5.41, 5.74) is 2.38. The summed E-state index contributed by atoms with van der Waals surface area (Å²) in [4.78, 5) is 16.2. The van der Waals surface area contributed by atoms with Gasteiger partial charge in [0.15, 0.2) is 0 Å². The summed E-state index contributed by atoms with van der Waals surface area (Å²) >= 11 is 5.97. The molecule has 1 amide bonds. The summed E-state index contributed by atoms with van der Waals surface area (Å²) in [5.74, 6) is -0.130. The minimum Gasteiger partial charge on any atom is -0.267 e. The molecule has 2 aromatic rings. The van der Waals surface area contributed by atoms with Crippen molar-refractivity contribution in [3.8, 4) is 0 Å². The van der Waals surface area contributed by atoms with Gasteiger partial charge in [-0.05, 0) is 29.8 Å². The lowest BCUT2D eigenvalue weighted by Gasteiger charge is -2.10. The average molecular weight is 286 g/mol. The zero-order valence-corrected chi connectivity index (χ0v) is 11.4. The lowest BCUT2D eigenvalue weighted by molar-refractivity contribution is 0.0778. The van der Waals surface area contributed by atoms with Gasteiger partial charge in [0.05, 0.1) is 17.8 Å². The standard InChI is InChI=1S/C15H12ClN3O/c16-13-5-1-3-11(9-13)14-6-8-19(18-14)15(20)12-4-2-7-17-10-12/h1-5,7,9-10H,6,8H2. The number of rotatable bonds is 2. The first kappa shape index (κ1) is 12.8. The molecule has 100 valence electrons. The summed E-state index contributed by atoms with van der Waals surface area (Å²) in [5, 5.41) is 6.54. The molecule has 0 bridgehead atoms. The quantitative estimate of drug-likeness (QED) is 0.851. The number of aromatic nitrogens is 1. The van der Waals surface area contributed by atoms with Crippen molar-refractivity contribution in [2.75, 3.05) is 6.54 Å². The number of hydrogen-bond acceptors (Lipinski definition) is 3. The number of hydrogen-bond donors (Lipinski definition) is 0. The van der Waals surface area contributed by atoms with Crippen molar-refractivity contribution in [3.05, 3.63) is 64.9 Å². The summed E-state index contributed by atoms with van der Waals surface area (Å²) in [6.45, 7) is 0.579. The van der Waals surface area contributed by atoms with E-state index in [4.69, 9.17) is 11.6 Å². The van der Waals surface area contributed by atoms with Gasteiger partial charge < -0.3 is 0 Å². The summed E-state index contributed by atoms with van der Waals surface area (Å²) in [6, 6.07) is 11.0. The maximum Gasteiger partial charge on any atom is 0.275 e. The Kier molecular flexibility index (Phi) is 3.48. The van der Waals surface area contributed by atoms with Crippen LogP contribution in [0, 0.1) is 0 Å². The number of nitrogens with zero attached hydrogens (tertiary/aromatic N) is 3. The number of hydrazone groups is 1. The van der Waals surface area contributed by atoms with E-state index in [0.717, 1.165) is 17.7 Å². The van der Waals surface area contributed by atoms with E-state index < -0.39 is 0 Å². The molecule has 0 unspecified atom stereocenters. The Bertz CT molecular complexity index is 670. The molecule has 0 spiro atoms. The van der Waals surface area contributed by atoms with E-state index in [1.165, 1.54) is 5.01 Å². The van der Waals surface area contributed by atoms with Gasteiger partial charge >= 0.3 is 0 Å². The van der Waals surface area contributed by atoms with Crippen molar-refractivity contribution < 1.29 is 4.79 Å². The van der Waals surface area contributed by atoms with Gasteiger partial charge in [-0.2, -0.15) is 5.10 Å². The van der Waals surface area contributed by atoms with Crippen LogP contribution >= 0.6 is 11.6 Å². The Morgan fingerprint density at radius 1 is 1.25 bits per heavy atom. The van der Waals surface area contributed by atoms with Crippen LogP contribution in [-0.4, -0.2) is 28.2 Å². The fourth-order valence-corrected chi connectivity index (χ4v) is 2.30. The smallest absolute Gasteiger partial charge is 0.267 e. The SMILES string of the molecule is O=C(c1cccnc1)N1CCC(c2cccc(Cl)c2)=N1. The second-order valence-corrected chi connectivity index (χ2v) is 4.91. The molecule has 1 aromatic carbocycles. The Morgan fingerprint density at radius 3 is 2.90 bits per heavy atom. The number of pyridine rings is 1. The Morgan fingerprint density at radius 2 is 2.15 bits per heavy atom. The van der Waals surface area contributed by atoms with Crippen LogP contribution in [0.1, 0.15) is 22.3 Å². The molecule has 0 aliphatic carbocycles. The second kappa shape index (κ2) is 5.43. The third-order valence-electron chi connectivity index (χ3n) is 3.10. The van der Waals surface area contributed by atoms with Crippen molar-refractivity contribution in [1.29, 1.82) is 0 Å². The van der Waals surface area contributed by atoms with Crippen LogP contribution in [0.5, 0.6) is 0 Å². The molecule has 1 aliphatic heterocycles. The van der Waals surface area contributed by atoms with Crippen LogP contribution < -0.4 is 0 Å². The fraction of sp³-hybridized carbons (Fsp3) is 0.133. The number of carbonyl (C=O) groups excluding carboxylic acids is 1. The number of halogens is 1. The first-order valence-corrected chi connectivity index (χ1v) is 6.67. The fourth-order valence-electron chi connectivity index (χ4n) is 2.11. The van der Waals surface area contributed by atoms with E-state index in [9.17, 15) is 4.79 Å². The van der Waals surface area contributed by atoms with E-state index in [1.54, 1.807) is 24.5 Å². The van der Waals surface area contributed by atoms with E-state index in [0.29, 0.717) is 17.1 Å². The molecule has 0 saturated heterocycles. The minimum atomic E-state index is -0.130. The minimum absolute atomic E-state index is 0.130. The largest absolute Gasteiger partial charge is 0.275 e. The maximum atomic E-state index is 12.2. The maximum absolute atomic E-state index is 12.2. The van der Waals surface area contributed by atoms with Crippen LogP contribution in [0.4, 0.5) is 0 Å². The molecule has 1 aliphatic rings. The first-order valence-electron chi connectivity index (χ1n) is 6.29. The zero-order valence-electron chi connectivity index (χ0n) is 10.7. The van der Waals surface area contributed by atoms with Crippen LogP contribution in [0.2, 0.25) is 5.02 Å². The Labute approximate surface area is 121 Å². The van der Waals surface area contributed by atoms with Crippen molar-refractivity contribution in [1.82, 2.24) is 9.99 Å². The van der Waals surface area contributed by atoms with E-state index in [-0.39, 0.29) is 5.91 Å². The molecule has 0 N–H and O–H groups in total.